The van der Waals surface area contributed by atoms with Crippen LogP contribution in [0.4, 0.5) is 11.4 Å². The molecule has 8 heteroatoms. The van der Waals surface area contributed by atoms with Gasteiger partial charge in [-0.1, -0.05) is 72.8 Å². The Morgan fingerprint density at radius 1 is 0.744 bits per heavy atom. The lowest BCUT2D eigenvalue weighted by Gasteiger charge is -2.14. The molecule has 0 bridgehead atoms. The molecule has 0 saturated heterocycles. The van der Waals surface area contributed by atoms with E-state index in [4.69, 9.17) is 5.11 Å². The largest absolute Gasteiger partial charge is 0.479 e. The van der Waals surface area contributed by atoms with Gasteiger partial charge in [0.1, 0.15) is 0 Å². The molecule has 4 aromatic rings. The number of allylic oxidation sites excluding steroid dienone is 1. The van der Waals surface area contributed by atoms with Crippen LogP contribution in [0, 0.1) is 0 Å². The smallest absolute Gasteiger partial charge is 0.332 e. The van der Waals surface area contributed by atoms with E-state index in [2.05, 4.69) is 15.5 Å². The van der Waals surface area contributed by atoms with Gasteiger partial charge in [0.15, 0.2) is 6.10 Å². The van der Waals surface area contributed by atoms with Gasteiger partial charge in [-0.3, -0.25) is 9.59 Å². The SMILES string of the molecule is O=C(N/C(=C\c1ccc(N=Nc2ccccc2)cc1)C(=O)c1ccccc1CC(O)C(=O)O)c1ccccc1. The molecule has 0 aliphatic rings. The highest BCUT2D eigenvalue weighted by molar-refractivity contribution is 6.15. The van der Waals surface area contributed by atoms with Crippen molar-refractivity contribution in [2.24, 2.45) is 10.2 Å². The number of benzene rings is 4. The van der Waals surface area contributed by atoms with E-state index < -0.39 is 23.8 Å². The summed E-state index contributed by atoms with van der Waals surface area (Å²) in [5, 5.41) is 30.1. The Labute approximate surface area is 225 Å². The number of azo groups is 1. The van der Waals surface area contributed by atoms with Crippen LogP contribution >= 0.6 is 0 Å². The van der Waals surface area contributed by atoms with E-state index >= 15 is 0 Å². The number of aliphatic hydroxyl groups excluding tert-OH is 1. The summed E-state index contributed by atoms with van der Waals surface area (Å²) in [6.07, 6.45) is -0.410. The number of aliphatic hydroxyl groups is 1. The second kappa shape index (κ2) is 12.8. The Morgan fingerprint density at radius 2 is 1.31 bits per heavy atom. The topological polar surface area (TPSA) is 128 Å². The van der Waals surface area contributed by atoms with Crippen LogP contribution in [0.15, 0.2) is 125 Å². The number of carbonyl (C=O) groups is 3. The zero-order valence-electron chi connectivity index (χ0n) is 20.8. The minimum absolute atomic E-state index is 0.0141. The van der Waals surface area contributed by atoms with Gasteiger partial charge in [0.25, 0.3) is 5.91 Å². The lowest BCUT2D eigenvalue weighted by molar-refractivity contribution is -0.146. The zero-order chi connectivity index (χ0) is 27.6. The number of carboxylic acids is 1. The van der Waals surface area contributed by atoms with Gasteiger partial charge in [-0.2, -0.15) is 10.2 Å². The maximum atomic E-state index is 13.7. The number of rotatable bonds is 10. The maximum Gasteiger partial charge on any atom is 0.332 e. The number of carbonyl (C=O) groups excluding carboxylic acids is 2. The number of hydrogen-bond acceptors (Lipinski definition) is 6. The first-order valence-electron chi connectivity index (χ1n) is 12.1. The Bertz CT molecular complexity index is 1520. The summed E-state index contributed by atoms with van der Waals surface area (Å²) in [4.78, 5) is 37.8. The average Bonchev–Trinajstić information content (AvgIpc) is 2.97. The van der Waals surface area contributed by atoms with Crippen molar-refractivity contribution < 1.29 is 24.6 Å². The highest BCUT2D eigenvalue weighted by Gasteiger charge is 2.22. The molecule has 0 spiro atoms. The molecule has 0 fully saturated rings. The molecule has 1 amide bonds. The minimum atomic E-state index is -1.68. The number of aliphatic carboxylic acids is 1. The summed E-state index contributed by atoms with van der Waals surface area (Å²) in [5.41, 5.74) is 2.80. The van der Waals surface area contributed by atoms with Crippen molar-refractivity contribution >= 4 is 35.1 Å². The van der Waals surface area contributed by atoms with Crippen molar-refractivity contribution in [1.29, 1.82) is 0 Å². The van der Waals surface area contributed by atoms with E-state index in [0.29, 0.717) is 28.1 Å². The van der Waals surface area contributed by atoms with Gasteiger partial charge < -0.3 is 15.5 Å². The van der Waals surface area contributed by atoms with Crippen LogP contribution in [0.25, 0.3) is 6.08 Å². The van der Waals surface area contributed by atoms with Gasteiger partial charge >= 0.3 is 5.97 Å². The van der Waals surface area contributed by atoms with Crippen LogP contribution in [0.3, 0.4) is 0 Å². The zero-order valence-corrected chi connectivity index (χ0v) is 20.8. The predicted octanol–water partition coefficient (Wildman–Crippen LogP) is 5.74. The second-order valence-corrected chi connectivity index (χ2v) is 8.55. The number of Topliss-reactive ketones (excluding diaryl/α,β-unsaturated/α-hetero) is 1. The van der Waals surface area contributed by atoms with Crippen molar-refractivity contribution in [2.75, 3.05) is 0 Å². The summed E-state index contributed by atoms with van der Waals surface area (Å²) in [6, 6.07) is 31.1. The fourth-order valence-electron chi connectivity index (χ4n) is 3.72. The van der Waals surface area contributed by atoms with E-state index in [1.54, 1.807) is 72.8 Å². The number of ketones is 1. The molecule has 39 heavy (non-hydrogen) atoms. The van der Waals surface area contributed by atoms with E-state index in [9.17, 15) is 19.5 Å². The fourth-order valence-corrected chi connectivity index (χ4v) is 3.72. The third-order valence-corrected chi connectivity index (χ3v) is 5.73. The normalized spacial score (nSPS) is 12.2. The van der Waals surface area contributed by atoms with E-state index in [-0.39, 0.29) is 17.7 Å². The van der Waals surface area contributed by atoms with Crippen LogP contribution in [0.1, 0.15) is 31.8 Å². The van der Waals surface area contributed by atoms with Crippen LogP contribution in [0.2, 0.25) is 0 Å². The molecule has 0 heterocycles. The van der Waals surface area contributed by atoms with Gasteiger partial charge in [-0.15, -0.1) is 0 Å². The maximum absolute atomic E-state index is 13.7. The number of nitrogens with zero attached hydrogens (tertiary/aromatic N) is 2. The highest BCUT2D eigenvalue weighted by atomic mass is 16.4. The van der Waals surface area contributed by atoms with Crippen molar-refractivity contribution in [3.63, 3.8) is 0 Å². The standard InChI is InChI=1S/C31H25N3O5/c35-28(31(38)39)20-23-11-7-8-14-26(23)29(36)27(32-30(37)22-9-3-1-4-10-22)19-21-15-17-25(18-16-21)34-33-24-12-5-2-6-13-24/h1-19,28,35H,20H2,(H,32,37)(H,38,39)/b27-19-,34-33?. The molecular weight excluding hydrogens is 494 g/mol. The number of amides is 1. The van der Waals surface area contributed by atoms with Gasteiger partial charge in [0.05, 0.1) is 17.1 Å². The molecule has 8 nitrogen and oxygen atoms in total. The molecule has 0 aromatic heterocycles. The molecule has 194 valence electrons. The molecule has 1 unspecified atom stereocenters. The molecule has 4 rings (SSSR count). The molecule has 0 saturated carbocycles. The summed E-state index contributed by atoms with van der Waals surface area (Å²) < 4.78 is 0. The lowest BCUT2D eigenvalue weighted by atomic mass is 9.96. The van der Waals surface area contributed by atoms with E-state index in [0.717, 1.165) is 0 Å². The van der Waals surface area contributed by atoms with Gasteiger partial charge in [-0.25, -0.2) is 4.79 Å². The third kappa shape index (κ3) is 7.41. The molecule has 0 radical (unpaired) electrons. The number of hydrogen-bond donors (Lipinski definition) is 3. The van der Waals surface area contributed by atoms with Crippen molar-refractivity contribution in [2.45, 2.75) is 12.5 Å². The van der Waals surface area contributed by atoms with Crippen LogP contribution in [0.5, 0.6) is 0 Å². The first-order chi connectivity index (χ1) is 18.9. The van der Waals surface area contributed by atoms with Crippen LogP contribution in [-0.2, 0) is 11.2 Å². The molecule has 3 N–H and O–H groups in total. The van der Waals surface area contributed by atoms with Crippen molar-refractivity contribution in [3.8, 4) is 0 Å². The summed E-state index contributed by atoms with van der Waals surface area (Å²) >= 11 is 0. The fraction of sp³-hybridized carbons (Fsp3) is 0.0645. The quantitative estimate of drug-likeness (QED) is 0.140. The number of nitrogens with one attached hydrogen (secondary N) is 1. The molecule has 0 aliphatic carbocycles. The molecule has 4 aromatic carbocycles. The lowest BCUT2D eigenvalue weighted by Crippen LogP contribution is -2.29. The molecule has 1 atom stereocenters. The number of carboxylic acid groups (broad SMARTS) is 1. The molecular formula is C31H25N3O5. The first-order valence-corrected chi connectivity index (χ1v) is 12.1. The van der Waals surface area contributed by atoms with E-state index in [1.807, 2.05) is 30.3 Å². The highest BCUT2D eigenvalue weighted by Crippen LogP contribution is 2.21. The summed E-state index contributed by atoms with van der Waals surface area (Å²) in [5.74, 6) is -2.40. The Balaban J connectivity index is 1.65. The van der Waals surface area contributed by atoms with Crippen LogP contribution < -0.4 is 5.32 Å². The Morgan fingerprint density at radius 3 is 1.95 bits per heavy atom. The van der Waals surface area contributed by atoms with Gasteiger partial charge in [0.2, 0.25) is 5.78 Å². The van der Waals surface area contributed by atoms with E-state index in [1.165, 1.54) is 12.1 Å². The summed E-state index contributed by atoms with van der Waals surface area (Å²) in [7, 11) is 0. The van der Waals surface area contributed by atoms with Gasteiger partial charge in [-0.05, 0) is 53.6 Å². The van der Waals surface area contributed by atoms with Crippen LogP contribution in [-0.4, -0.2) is 34.0 Å². The van der Waals surface area contributed by atoms with Gasteiger partial charge in [0, 0.05) is 17.5 Å². The average molecular weight is 520 g/mol. The third-order valence-electron chi connectivity index (χ3n) is 5.73. The minimum Gasteiger partial charge on any atom is -0.479 e. The Kier molecular flexibility index (Phi) is 8.84. The van der Waals surface area contributed by atoms with Crippen molar-refractivity contribution in [1.82, 2.24) is 5.32 Å². The monoisotopic (exact) mass is 519 g/mol. The van der Waals surface area contributed by atoms with Crippen molar-refractivity contribution in [3.05, 3.63) is 137 Å². The summed E-state index contributed by atoms with van der Waals surface area (Å²) in [6.45, 7) is 0. The second-order valence-electron chi connectivity index (χ2n) is 8.55. The predicted molar refractivity (Wildman–Crippen MR) is 147 cm³/mol. The first kappa shape index (κ1) is 26.8. The molecule has 0 aliphatic heterocycles. The Hall–Kier alpha value is -5.21.